The Labute approximate surface area is 131 Å². The van der Waals surface area contributed by atoms with Crippen molar-refractivity contribution in [2.24, 2.45) is 5.73 Å². The summed E-state index contributed by atoms with van der Waals surface area (Å²) in [5.41, 5.74) is 6.67. The summed E-state index contributed by atoms with van der Waals surface area (Å²) >= 11 is 1.70. The van der Waals surface area contributed by atoms with Gasteiger partial charge in [0.2, 0.25) is 11.8 Å². The molecule has 0 bridgehead atoms. The van der Waals surface area contributed by atoms with E-state index in [1.807, 2.05) is 19.1 Å². The van der Waals surface area contributed by atoms with Gasteiger partial charge in [0.1, 0.15) is 0 Å². The molecule has 0 aliphatic carbocycles. The van der Waals surface area contributed by atoms with Crippen LogP contribution < -0.4 is 5.73 Å². The lowest BCUT2D eigenvalue weighted by Crippen LogP contribution is -2.33. The van der Waals surface area contributed by atoms with E-state index in [4.69, 9.17) is 5.73 Å². The quantitative estimate of drug-likeness (QED) is 0.751. The lowest BCUT2D eigenvalue weighted by Gasteiger charge is -2.21. The third-order valence-corrected chi connectivity index (χ3v) is 4.47. The van der Waals surface area contributed by atoms with E-state index in [0.29, 0.717) is 12.1 Å². The molecular weight excluding hydrogens is 284 g/mol. The van der Waals surface area contributed by atoms with Crippen LogP contribution in [0.5, 0.6) is 0 Å². The summed E-state index contributed by atoms with van der Waals surface area (Å²) in [5.74, 6) is 0.715. The fourth-order valence-corrected chi connectivity index (χ4v) is 3.04. The molecule has 0 radical (unpaired) electrons. The van der Waals surface area contributed by atoms with Crippen LogP contribution in [0.1, 0.15) is 42.6 Å². The SMILES string of the molecule is CCCCS[C@H](C)C(=O)N(C)Cc1ccc(C(N)=O)cc1. The average Bonchev–Trinajstić information content (AvgIpc) is 2.47. The van der Waals surface area contributed by atoms with Gasteiger partial charge in [-0.3, -0.25) is 9.59 Å². The van der Waals surface area contributed by atoms with Gasteiger partial charge in [-0.2, -0.15) is 0 Å². The second-order valence-electron chi connectivity index (χ2n) is 5.12. The first-order valence-corrected chi connectivity index (χ1v) is 8.26. The Morgan fingerprint density at radius 1 is 1.29 bits per heavy atom. The first-order chi connectivity index (χ1) is 9.95. The molecule has 2 N–H and O–H groups in total. The third kappa shape index (κ3) is 5.79. The van der Waals surface area contributed by atoms with Crippen LogP contribution in [-0.2, 0) is 11.3 Å². The molecule has 0 unspecified atom stereocenters. The van der Waals surface area contributed by atoms with Crippen molar-refractivity contribution < 1.29 is 9.59 Å². The van der Waals surface area contributed by atoms with Crippen LogP contribution in [0, 0.1) is 0 Å². The Morgan fingerprint density at radius 2 is 1.90 bits per heavy atom. The predicted octanol–water partition coefficient (Wildman–Crippen LogP) is 2.67. The predicted molar refractivity (Wildman–Crippen MR) is 88.3 cm³/mol. The average molecular weight is 308 g/mol. The minimum absolute atomic E-state index is 0.0218. The summed E-state index contributed by atoms with van der Waals surface area (Å²) in [5, 5.41) is -0.0218. The highest BCUT2D eigenvalue weighted by molar-refractivity contribution is 8.00. The number of carbonyl (C=O) groups excluding carboxylic acids is 2. The summed E-state index contributed by atoms with van der Waals surface area (Å²) in [6.45, 7) is 4.64. The molecule has 4 nitrogen and oxygen atoms in total. The van der Waals surface area contributed by atoms with E-state index in [9.17, 15) is 9.59 Å². The van der Waals surface area contributed by atoms with Gasteiger partial charge in [0, 0.05) is 19.2 Å². The van der Waals surface area contributed by atoms with Crippen molar-refractivity contribution in [3.63, 3.8) is 0 Å². The highest BCUT2D eigenvalue weighted by Crippen LogP contribution is 2.16. The standard InChI is InChI=1S/C16H24N2O2S/c1-4-5-10-21-12(2)16(20)18(3)11-13-6-8-14(9-7-13)15(17)19/h6-9,12H,4-5,10-11H2,1-3H3,(H2,17,19)/t12-/m1/s1. The van der Waals surface area contributed by atoms with Crippen LogP contribution in [0.15, 0.2) is 24.3 Å². The van der Waals surface area contributed by atoms with Crippen molar-refractivity contribution in [1.82, 2.24) is 4.90 Å². The number of nitrogens with two attached hydrogens (primary N) is 1. The first-order valence-electron chi connectivity index (χ1n) is 7.21. The van der Waals surface area contributed by atoms with Gasteiger partial charge < -0.3 is 10.6 Å². The summed E-state index contributed by atoms with van der Waals surface area (Å²) in [4.78, 5) is 25.0. The van der Waals surface area contributed by atoms with Crippen molar-refractivity contribution in [3.8, 4) is 0 Å². The smallest absolute Gasteiger partial charge is 0.248 e. The van der Waals surface area contributed by atoms with Crippen LogP contribution in [0.3, 0.4) is 0 Å². The molecule has 0 aliphatic heterocycles. The van der Waals surface area contributed by atoms with E-state index in [1.165, 1.54) is 0 Å². The van der Waals surface area contributed by atoms with Gasteiger partial charge in [0.25, 0.3) is 0 Å². The maximum absolute atomic E-state index is 12.2. The number of thioether (sulfide) groups is 1. The molecule has 21 heavy (non-hydrogen) atoms. The Kier molecular flexibility index (Phi) is 7.29. The minimum Gasteiger partial charge on any atom is -0.366 e. The van der Waals surface area contributed by atoms with E-state index in [-0.39, 0.29) is 11.2 Å². The van der Waals surface area contributed by atoms with Crippen LogP contribution >= 0.6 is 11.8 Å². The van der Waals surface area contributed by atoms with Crippen molar-refractivity contribution in [3.05, 3.63) is 35.4 Å². The molecule has 1 rings (SSSR count). The highest BCUT2D eigenvalue weighted by Gasteiger charge is 2.17. The maximum Gasteiger partial charge on any atom is 0.248 e. The zero-order chi connectivity index (χ0) is 15.8. The molecule has 1 atom stereocenters. The zero-order valence-corrected chi connectivity index (χ0v) is 13.8. The molecule has 0 aromatic heterocycles. The van der Waals surface area contributed by atoms with E-state index in [2.05, 4.69) is 6.92 Å². The number of rotatable bonds is 8. The first kappa shape index (κ1) is 17.6. The molecule has 2 amide bonds. The second kappa shape index (κ2) is 8.72. The van der Waals surface area contributed by atoms with Gasteiger partial charge in [-0.05, 0) is 36.8 Å². The topological polar surface area (TPSA) is 63.4 Å². The number of carbonyl (C=O) groups is 2. The van der Waals surface area contributed by atoms with Crippen LogP contribution in [-0.4, -0.2) is 34.8 Å². The maximum atomic E-state index is 12.2. The largest absolute Gasteiger partial charge is 0.366 e. The molecule has 116 valence electrons. The molecule has 0 heterocycles. The summed E-state index contributed by atoms with van der Waals surface area (Å²) < 4.78 is 0. The third-order valence-electron chi connectivity index (χ3n) is 3.25. The van der Waals surface area contributed by atoms with Crippen molar-refractivity contribution in [1.29, 1.82) is 0 Å². The van der Waals surface area contributed by atoms with Gasteiger partial charge in [0.05, 0.1) is 5.25 Å². The Hall–Kier alpha value is -1.49. The van der Waals surface area contributed by atoms with E-state index in [0.717, 1.165) is 24.2 Å². The van der Waals surface area contributed by atoms with E-state index >= 15 is 0 Å². The normalized spacial score (nSPS) is 12.0. The second-order valence-corrected chi connectivity index (χ2v) is 6.57. The lowest BCUT2D eigenvalue weighted by atomic mass is 10.1. The number of nitrogens with zero attached hydrogens (tertiary/aromatic N) is 1. The number of hydrogen-bond acceptors (Lipinski definition) is 3. The van der Waals surface area contributed by atoms with Gasteiger partial charge in [0.15, 0.2) is 0 Å². The van der Waals surface area contributed by atoms with Crippen LogP contribution in [0.25, 0.3) is 0 Å². The van der Waals surface area contributed by atoms with Crippen molar-refractivity contribution >= 4 is 23.6 Å². The number of benzene rings is 1. The van der Waals surface area contributed by atoms with Crippen LogP contribution in [0.2, 0.25) is 0 Å². The van der Waals surface area contributed by atoms with E-state index in [1.54, 1.807) is 35.8 Å². The fraction of sp³-hybridized carbons (Fsp3) is 0.500. The molecule has 0 saturated carbocycles. The molecule has 1 aromatic carbocycles. The minimum atomic E-state index is -0.438. The number of hydrogen-bond donors (Lipinski definition) is 1. The number of primary amides is 1. The Morgan fingerprint density at radius 3 is 2.43 bits per heavy atom. The highest BCUT2D eigenvalue weighted by atomic mass is 32.2. The number of amides is 2. The zero-order valence-electron chi connectivity index (χ0n) is 13.0. The summed E-state index contributed by atoms with van der Waals surface area (Å²) in [7, 11) is 1.81. The Balaban J connectivity index is 2.53. The summed E-state index contributed by atoms with van der Waals surface area (Å²) in [6, 6.07) is 7.04. The molecule has 1 aromatic rings. The summed E-state index contributed by atoms with van der Waals surface area (Å²) in [6.07, 6.45) is 2.29. The van der Waals surface area contributed by atoms with E-state index < -0.39 is 5.91 Å². The molecule has 0 spiro atoms. The van der Waals surface area contributed by atoms with Crippen molar-refractivity contribution in [2.75, 3.05) is 12.8 Å². The van der Waals surface area contributed by atoms with Gasteiger partial charge in [-0.1, -0.05) is 25.5 Å². The molecule has 5 heteroatoms. The number of unbranched alkanes of at least 4 members (excludes halogenated alkanes) is 1. The van der Waals surface area contributed by atoms with Gasteiger partial charge in [-0.25, -0.2) is 0 Å². The molecule has 0 aliphatic rings. The van der Waals surface area contributed by atoms with Crippen LogP contribution in [0.4, 0.5) is 0 Å². The van der Waals surface area contributed by atoms with Gasteiger partial charge in [-0.15, -0.1) is 11.8 Å². The fourth-order valence-electron chi connectivity index (χ4n) is 1.91. The molecule has 0 saturated heterocycles. The monoisotopic (exact) mass is 308 g/mol. The van der Waals surface area contributed by atoms with Gasteiger partial charge >= 0.3 is 0 Å². The molecular formula is C16H24N2O2S. The Bertz CT molecular complexity index is 474. The molecule has 0 fully saturated rings. The lowest BCUT2D eigenvalue weighted by molar-refractivity contribution is -0.129. The van der Waals surface area contributed by atoms with Crippen molar-refractivity contribution in [2.45, 2.75) is 38.5 Å².